The van der Waals surface area contributed by atoms with Crippen LogP contribution in [0.25, 0.3) is 11.0 Å². The maximum absolute atomic E-state index is 5.93. The molecule has 0 radical (unpaired) electrons. The van der Waals surface area contributed by atoms with Gasteiger partial charge in [-0.05, 0) is 38.4 Å². The maximum Gasteiger partial charge on any atom is 0.134 e. The van der Waals surface area contributed by atoms with E-state index in [1.165, 1.54) is 17.2 Å². The lowest BCUT2D eigenvalue weighted by atomic mass is 10.1. The van der Waals surface area contributed by atoms with E-state index >= 15 is 0 Å². The highest BCUT2D eigenvalue weighted by Gasteiger charge is 2.15. The second-order valence-electron chi connectivity index (χ2n) is 4.65. The zero-order valence-electron chi connectivity index (χ0n) is 11.6. The molecule has 0 aliphatic carbocycles. The minimum atomic E-state index is 0.205. The zero-order valence-corrected chi connectivity index (χ0v) is 11.6. The fourth-order valence-electron chi connectivity index (χ4n) is 2.26. The summed E-state index contributed by atoms with van der Waals surface area (Å²) in [5, 5.41) is 4.65. The minimum absolute atomic E-state index is 0.205. The van der Waals surface area contributed by atoms with Crippen LogP contribution in [0.2, 0.25) is 0 Å². The molecule has 0 saturated carbocycles. The molecule has 1 aromatic heterocycles. The van der Waals surface area contributed by atoms with Crippen molar-refractivity contribution >= 4 is 11.0 Å². The van der Waals surface area contributed by atoms with Gasteiger partial charge in [0.1, 0.15) is 11.3 Å². The Kier molecular flexibility index (Phi) is 4.63. The molecular weight excluding hydrogens is 238 g/mol. The van der Waals surface area contributed by atoms with E-state index in [0.29, 0.717) is 6.61 Å². The van der Waals surface area contributed by atoms with Gasteiger partial charge in [-0.15, -0.1) is 0 Å². The standard InChI is InChI=1S/C16H21NO2/c1-4-18-11-7-10-17-13(3)16-12(2)14-8-5-6-9-15(14)19-16/h4-6,8-9,13,17H,1,7,10-11H2,2-3H3. The number of furan rings is 1. The molecule has 0 spiro atoms. The average Bonchev–Trinajstić information content (AvgIpc) is 2.76. The van der Waals surface area contributed by atoms with Gasteiger partial charge in [-0.2, -0.15) is 0 Å². The lowest BCUT2D eigenvalue weighted by Crippen LogP contribution is -2.20. The van der Waals surface area contributed by atoms with Gasteiger partial charge in [-0.25, -0.2) is 0 Å². The Morgan fingerprint density at radius 1 is 1.42 bits per heavy atom. The van der Waals surface area contributed by atoms with E-state index < -0.39 is 0 Å². The topological polar surface area (TPSA) is 34.4 Å². The smallest absolute Gasteiger partial charge is 0.134 e. The molecule has 1 atom stereocenters. The van der Waals surface area contributed by atoms with Crippen LogP contribution in [0, 0.1) is 6.92 Å². The summed E-state index contributed by atoms with van der Waals surface area (Å²) in [4.78, 5) is 0. The SMILES string of the molecule is C=COCCCNC(C)c1oc2ccccc2c1C. The molecule has 0 saturated heterocycles. The fourth-order valence-corrected chi connectivity index (χ4v) is 2.26. The molecule has 2 rings (SSSR count). The Hall–Kier alpha value is -1.74. The Balaban J connectivity index is 1.99. The van der Waals surface area contributed by atoms with Gasteiger partial charge in [0.2, 0.25) is 0 Å². The van der Waals surface area contributed by atoms with Crippen LogP contribution in [0.1, 0.15) is 30.7 Å². The number of benzene rings is 1. The largest absolute Gasteiger partial charge is 0.502 e. The van der Waals surface area contributed by atoms with Crippen LogP contribution in [0.15, 0.2) is 41.5 Å². The number of rotatable bonds is 7. The van der Waals surface area contributed by atoms with Crippen LogP contribution in [0.3, 0.4) is 0 Å². The molecule has 3 heteroatoms. The minimum Gasteiger partial charge on any atom is -0.502 e. The Morgan fingerprint density at radius 3 is 2.95 bits per heavy atom. The van der Waals surface area contributed by atoms with Gasteiger partial charge < -0.3 is 14.5 Å². The zero-order chi connectivity index (χ0) is 13.7. The molecular formula is C16H21NO2. The average molecular weight is 259 g/mol. The Labute approximate surface area is 114 Å². The predicted molar refractivity (Wildman–Crippen MR) is 78.1 cm³/mol. The van der Waals surface area contributed by atoms with E-state index in [9.17, 15) is 0 Å². The van der Waals surface area contributed by atoms with Crippen LogP contribution >= 0.6 is 0 Å². The van der Waals surface area contributed by atoms with Crippen molar-refractivity contribution in [2.75, 3.05) is 13.2 Å². The van der Waals surface area contributed by atoms with Crippen LogP contribution in [-0.2, 0) is 4.74 Å². The van der Waals surface area contributed by atoms with Crippen LogP contribution in [-0.4, -0.2) is 13.2 Å². The van der Waals surface area contributed by atoms with Crippen molar-refractivity contribution in [1.29, 1.82) is 0 Å². The summed E-state index contributed by atoms with van der Waals surface area (Å²) >= 11 is 0. The first kappa shape index (κ1) is 13.7. The normalized spacial score (nSPS) is 12.5. The fraction of sp³-hybridized carbons (Fsp3) is 0.375. The summed E-state index contributed by atoms with van der Waals surface area (Å²) in [7, 11) is 0. The van der Waals surface area contributed by atoms with Crippen LogP contribution < -0.4 is 5.32 Å². The highest BCUT2D eigenvalue weighted by molar-refractivity contribution is 5.82. The first-order valence-corrected chi connectivity index (χ1v) is 6.68. The summed E-state index contributed by atoms with van der Waals surface area (Å²) in [6, 6.07) is 8.36. The van der Waals surface area contributed by atoms with Gasteiger partial charge in [0.15, 0.2) is 0 Å². The first-order valence-electron chi connectivity index (χ1n) is 6.68. The van der Waals surface area contributed by atoms with E-state index in [-0.39, 0.29) is 6.04 Å². The second kappa shape index (κ2) is 6.43. The first-order chi connectivity index (χ1) is 9.24. The van der Waals surface area contributed by atoms with Gasteiger partial charge in [0.05, 0.1) is 18.9 Å². The van der Waals surface area contributed by atoms with Crippen molar-refractivity contribution < 1.29 is 9.15 Å². The van der Waals surface area contributed by atoms with Gasteiger partial charge in [-0.1, -0.05) is 24.8 Å². The monoisotopic (exact) mass is 259 g/mol. The number of nitrogens with one attached hydrogen (secondary N) is 1. The van der Waals surface area contributed by atoms with E-state index in [4.69, 9.17) is 9.15 Å². The molecule has 0 aliphatic rings. The molecule has 0 bridgehead atoms. The predicted octanol–water partition coefficient (Wildman–Crippen LogP) is 3.94. The Morgan fingerprint density at radius 2 is 2.21 bits per heavy atom. The van der Waals surface area contributed by atoms with Crippen molar-refractivity contribution in [3.8, 4) is 0 Å². The van der Waals surface area contributed by atoms with E-state index in [1.807, 2.05) is 18.2 Å². The highest BCUT2D eigenvalue weighted by atomic mass is 16.5. The van der Waals surface area contributed by atoms with Crippen molar-refractivity contribution in [3.05, 3.63) is 48.4 Å². The van der Waals surface area contributed by atoms with Gasteiger partial charge in [0, 0.05) is 5.39 Å². The number of fused-ring (bicyclic) bond motifs is 1. The highest BCUT2D eigenvalue weighted by Crippen LogP contribution is 2.28. The molecule has 1 heterocycles. The third-order valence-electron chi connectivity index (χ3n) is 3.28. The van der Waals surface area contributed by atoms with E-state index in [0.717, 1.165) is 24.3 Å². The van der Waals surface area contributed by atoms with E-state index in [1.54, 1.807) is 0 Å². The molecule has 1 N–H and O–H groups in total. The number of aryl methyl sites for hydroxylation is 1. The van der Waals surface area contributed by atoms with Crippen molar-refractivity contribution in [1.82, 2.24) is 5.32 Å². The number of hydrogen-bond donors (Lipinski definition) is 1. The second-order valence-corrected chi connectivity index (χ2v) is 4.65. The Bertz CT molecular complexity index is 545. The quantitative estimate of drug-likeness (QED) is 0.604. The van der Waals surface area contributed by atoms with E-state index in [2.05, 4.69) is 31.8 Å². The summed E-state index contributed by atoms with van der Waals surface area (Å²) in [5.41, 5.74) is 2.18. The molecule has 2 aromatic rings. The molecule has 0 fully saturated rings. The molecule has 19 heavy (non-hydrogen) atoms. The molecule has 0 aliphatic heterocycles. The third kappa shape index (κ3) is 3.18. The van der Waals surface area contributed by atoms with Gasteiger partial charge in [-0.3, -0.25) is 0 Å². The van der Waals surface area contributed by atoms with Crippen LogP contribution in [0.4, 0.5) is 0 Å². The van der Waals surface area contributed by atoms with Crippen molar-refractivity contribution in [2.24, 2.45) is 0 Å². The van der Waals surface area contributed by atoms with Gasteiger partial charge in [0.25, 0.3) is 0 Å². The van der Waals surface area contributed by atoms with Crippen molar-refractivity contribution in [2.45, 2.75) is 26.3 Å². The molecule has 1 aromatic carbocycles. The lowest BCUT2D eigenvalue weighted by molar-refractivity contribution is 0.242. The molecule has 1 unspecified atom stereocenters. The van der Waals surface area contributed by atoms with Gasteiger partial charge >= 0.3 is 0 Å². The van der Waals surface area contributed by atoms with Crippen molar-refractivity contribution in [3.63, 3.8) is 0 Å². The molecule has 3 nitrogen and oxygen atoms in total. The summed E-state index contributed by atoms with van der Waals surface area (Å²) in [6.45, 7) is 9.35. The summed E-state index contributed by atoms with van der Waals surface area (Å²) in [6.07, 6.45) is 2.43. The summed E-state index contributed by atoms with van der Waals surface area (Å²) in [5.74, 6) is 1.02. The molecule has 0 amide bonds. The number of para-hydroxylation sites is 1. The molecule has 102 valence electrons. The lowest BCUT2D eigenvalue weighted by Gasteiger charge is -2.12. The third-order valence-corrected chi connectivity index (χ3v) is 3.28. The number of ether oxygens (including phenoxy) is 1. The number of hydrogen-bond acceptors (Lipinski definition) is 3. The summed E-state index contributed by atoms with van der Waals surface area (Å²) < 4.78 is 11.0. The maximum atomic E-state index is 5.93. The van der Waals surface area contributed by atoms with Crippen LogP contribution in [0.5, 0.6) is 0 Å².